The highest BCUT2D eigenvalue weighted by atomic mass is 16.4. The summed E-state index contributed by atoms with van der Waals surface area (Å²) in [6, 6.07) is 0. The predicted octanol–water partition coefficient (Wildman–Crippen LogP) is 6.82. The lowest BCUT2D eigenvalue weighted by Gasteiger charge is -2.17. The fraction of sp³-hybridized carbons (Fsp3) is 0.950. The van der Waals surface area contributed by atoms with E-state index in [9.17, 15) is 4.79 Å². The standard InChI is InChI=1S/C20H40O2/c1-18(19(21)22)16-14-12-10-8-6-5-7-9-11-13-15-17-20(2,3)4/h18H,5-17H2,1-4H3,(H,21,22). The van der Waals surface area contributed by atoms with Gasteiger partial charge in [-0.2, -0.15) is 0 Å². The van der Waals surface area contributed by atoms with E-state index in [1.165, 1.54) is 70.6 Å². The summed E-state index contributed by atoms with van der Waals surface area (Å²) in [6.45, 7) is 8.80. The van der Waals surface area contributed by atoms with Crippen molar-refractivity contribution in [3.8, 4) is 0 Å². The molecule has 1 atom stereocenters. The third-order valence-electron chi connectivity index (χ3n) is 4.49. The van der Waals surface area contributed by atoms with Crippen molar-refractivity contribution in [2.24, 2.45) is 11.3 Å². The van der Waals surface area contributed by atoms with E-state index in [2.05, 4.69) is 20.8 Å². The van der Waals surface area contributed by atoms with E-state index in [0.29, 0.717) is 5.41 Å². The number of hydrogen-bond acceptors (Lipinski definition) is 1. The van der Waals surface area contributed by atoms with E-state index in [1.807, 2.05) is 6.92 Å². The van der Waals surface area contributed by atoms with Crippen molar-refractivity contribution in [2.45, 2.75) is 111 Å². The normalized spacial score (nSPS) is 13.3. The molecule has 0 aliphatic heterocycles. The summed E-state index contributed by atoms with van der Waals surface area (Å²) in [5, 5.41) is 8.80. The second kappa shape index (κ2) is 13.0. The molecule has 2 nitrogen and oxygen atoms in total. The summed E-state index contributed by atoms with van der Waals surface area (Å²) in [7, 11) is 0. The Balaban J connectivity index is 3.13. The fourth-order valence-electron chi connectivity index (χ4n) is 2.82. The molecule has 1 N–H and O–H groups in total. The van der Waals surface area contributed by atoms with Crippen LogP contribution in [-0.2, 0) is 4.79 Å². The molecular formula is C20H40O2. The van der Waals surface area contributed by atoms with Gasteiger partial charge < -0.3 is 5.11 Å². The Hall–Kier alpha value is -0.530. The van der Waals surface area contributed by atoms with Crippen molar-refractivity contribution < 1.29 is 9.90 Å². The first kappa shape index (κ1) is 21.5. The lowest BCUT2D eigenvalue weighted by molar-refractivity contribution is -0.141. The molecule has 0 heterocycles. The largest absolute Gasteiger partial charge is 0.481 e. The van der Waals surface area contributed by atoms with Crippen LogP contribution >= 0.6 is 0 Å². The monoisotopic (exact) mass is 312 g/mol. The SMILES string of the molecule is CC(CCCCCCCCCCCCCC(C)(C)C)C(=O)O. The van der Waals surface area contributed by atoms with Gasteiger partial charge in [0.05, 0.1) is 5.92 Å². The maximum atomic E-state index is 10.7. The molecule has 0 bridgehead atoms. The predicted molar refractivity (Wildman–Crippen MR) is 96.3 cm³/mol. The Morgan fingerprint density at radius 1 is 0.773 bits per heavy atom. The zero-order chi connectivity index (χ0) is 16.8. The topological polar surface area (TPSA) is 37.3 Å². The molecule has 0 aromatic heterocycles. The Bertz CT molecular complexity index is 265. The molecule has 0 saturated carbocycles. The number of carboxylic acid groups (broad SMARTS) is 1. The van der Waals surface area contributed by atoms with Crippen LogP contribution < -0.4 is 0 Å². The molecule has 0 aliphatic rings. The molecule has 0 rings (SSSR count). The highest BCUT2D eigenvalue weighted by molar-refractivity contribution is 5.69. The summed E-state index contributed by atoms with van der Waals surface area (Å²) in [4.78, 5) is 10.7. The Kier molecular flexibility index (Phi) is 12.6. The summed E-state index contributed by atoms with van der Waals surface area (Å²) >= 11 is 0. The zero-order valence-corrected chi connectivity index (χ0v) is 15.6. The maximum absolute atomic E-state index is 10.7. The number of carboxylic acids is 1. The highest BCUT2D eigenvalue weighted by Gasteiger charge is 2.09. The van der Waals surface area contributed by atoms with Crippen LogP contribution in [0.15, 0.2) is 0 Å². The second-order valence-corrected chi connectivity index (χ2v) is 8.23. The highest BCUT2D eigenvalue weighted by Crippen LogP contribution is 2.22. The van der Waals surface area contributed by atoms with Gasteiger partial charge in [-0.1, -0.05) is 98.3 Å². The second-order valence-electron chi connectivity index (χ2n) is 8.23. The number of hydrogen-bond donors (Lipinski definition) is 1. The molecular weight excluding hydrogens is 272 g/mol. The molecule has 0 aromatic rings. The first-order valence-electron chi connectivity index (χ1n) is 9.56. The molecule has 0 saturated heterocycles. The first-order valence-corrected chi connectivity index (χ1v) is 9.56. The van der Waals surface area contributed by atoms with Crippen LogP contribution in [0.25, 0.3) is 0 Å². The third kappa shape index (κ3) is 15.9. The Morgan fingerprint density at radius 2 is 1.14 bits per heavy atom. The van der Waals surface area contributed by atoms with Gasteiger partial charge in [-0.05, 0) is 18.3 Å². The third-order valence-corrected chi connectivity index (χ3v) is 4.49. The number of unbranched alkanes of at least 4 members (excludes halogenated alkanes) is 10. The van der Waals surface area contributed by atoms with Gasteiger partial charge in [0.15, 0.2) is 0 Å². The summed E-state index contributed by atoms with van der Waals surface area (Å²) in [6.07, 6.45) is 16.8. The van der Waals surface area contributed by atoms with Crippen molar-refractivity contribution in [1.29, 1.82) is 0 Å². The summed E-state index contributed by atoms with van der Waals surface area (Å²) in [5.41, 5.74) is 0.502. The van der Waals surface area contributed by atoms with E-state index < -0.39 is 5.97 Å². The van der Waals surface area contributed by atoms with Crippen LogP contribution in [0, 0.1) is 11.3 Å². The average molecular weight is 313 g/mol. The molecule has 0 radical (unpaired) electrons. The van der Waals surface area contributed by atoms with Gasteiger partial charge >= 0.3 is 5.97 Å². The van der Waals surface area contributed by atoms with Gasteiger partial charge in [0.2, 0.25) is 0 Å². The van der Waals surface area contributed by atoms with E-state index in [-0.39, 0.29) is 5.92 Å². The minimum atomic E-state index is -0.650. The van der Waals surface area contributed by atoms with E-state index in [0.717, 1.165) is 12.8 Å². The van der Waals surface area contributed by atoms with Crippen LogP contribution in [-0.4, -0.2) is 11.1 Å². The number of carbonyl (C=O) groups is 1. The first-order chi connectivity index (χ1) is 10.3. The van der Waals surface area contributed by atoms with Crippen LogP contribution in [0.1, 0.15) is 111 Å². The Morgan fingerprint density at radius 3 is 1.50 bits per heavy atom. The molecule has 0 spiro atoms. The van der Waals surface area contributed by atoms with Crippen LogP contribution in [0.3, 0.4) is 0 Å². The van der Waals surface area contributed by atoms with Gasteiger partial charge in [-0.25, -0.2) is 0 Å². The number of rotatable bonds is 14. The smallest absolute Gasteiger partial charge is 0.306 e. The van der Waals surface area contributed by atoms with Crippen molar-refractivity contribution in [3.05, 3.63) is 0 Å². The van der Waals surface area contributed by atoms with Gasteiger partial charge in [0, 0.05) is 0 Å². The van der Waals surface area contributed by atoms with Crippen LogP contribution in [0.5, 0.6) is 0 Å². The molecule has 1 unspecified atom stereocenters. The average Bonchev–Trinajstić information content (AvgIpc) is 2.42. The van der Waals surface area contributed by atoms with Gasteiger partial charge in [-0.15, -0.1) is 0 Å². The quantitative estimate of drug-likeness (QED) is 0.357. The van der Waals surface area contributed by atoms with Crippen molar-refractivity contribution in [2.75, 3.05) is 0 Å². The molecule has 0 aromatic carbocycles. The molecule has 132 valence electrons. The van der Waals surface area contributed by atoms with Crippen molar-refractivity contribution >= 4 is 5.97 Å². The zero-order valence-electron chi connectivity index (χ0n) is 15.6. The van der Waals surface area contributed by atoms with Gasteiger partial charge in [0.25, 0.3) is 0 Å². The minimum absolute atomic E-state index is 0.168. The Labute approximate surface area is 139 Å². The maximum Gasteiger partial charge on any atom is 0.306 e. The van der Waals surface area contributed by atoms with E-state index in [1.54, 1.807) is 0 Å². The lowest BCUT2D eigenvalue weighted by Crippen LogP contribution is -2.08. The summed E-state index contributed by atoms with van der Waals surface area (Å²) in [5.74, 6) is -0.819. The van der Waals surface area contributed by atoms with Crippen molar-refractivity contribution in [1.82, 2.24) is 0 Å². The molecule has 2 heteroatoms. The molecule has 0 amide bonds. The van der Waals surface area contributed by atoms with Crippen LogP contribution in [0.4, 0.5) is 0 Å². The van der Waals surface area contributed by atoms with Crippen molar-refractivity contribution in [3.63, 3.8) is 0 Å². The van der Waals surface area contributed by atoms with Crippen LogP contribution in [0.2, 0.25) is 0 Å². The van der Waals surface area contributed by atoms with Gasteiger partial charge in [0.1, 0.15) is 0 Å². The fourth-order valence-corrected chi connectivity index (χ4v) is 2.82. The number of aliphatic carboxylic acids is 1. The summed E-state index contributed by atoms with van der Waals surface area (Å²) < 4.78 is 0. The molecule has 0 aliphatic carbocycles. The lowest BCUT2D eigenvalue weighted by atomic mass is 9.89. The minimum Gasteiger partial charge on any atom is -0.481 e. The molecule has 0 fully saturated rings. The van der Waals surface area contributed by atoms with E-state index in [4.69, 9.17) is 5.11 Å². The van der Waals surface area contributed by atoms with E-state index >= 15 is 0 Å². The van der Waals surface area contributed by atoms with Gasteiger partial charge in [-0.3, -0.25) is 4.79 Å². The molecule has 22 heavy (non-hydrogen) atoms.